The minimum absolute atomic E-state index is 0.0733. The van der Waals surface area contributed by atoms with Gasteiger partial charge in [-0.25, -0.2) is 13.8 Å². The molecular formula is C12H15F2N3O. The zero-order valence-electron chi connectivity index (χ0n) is 9.83. The summed E-state index contributed by atoms with van der Waals surface area (Å²) in [6.45, 7) is 0. The van der Waals surface area contributed by atoms with Gasteiger partial charge in [0.25, 0.3) is 5.91 Å². The van der Waals surface area contributed by atoms with Crippen LogP contribution in [0.5, 0.6) is 0 Å². The molecule has 1 aliphatic rings. The zero-order chi connectivity index (χ0) is 13.2. The van der Waals surface area contributed by atoms with Crippen LogP contribution >= 0.6 is 0 Å². The Labute approximate surface area is 104 Å². The Morgan fingerprint density at radius 3 is 3.00 bits per heavy atom. The number of nitrogens with two attached hydrogens (primary N) is 1. The van der Waals surface area contributed by atoms with Gasteiger partial charge in [-0.05, 0) is 25.0 Å². The van der Waals surface area contributed by atoms with Crippen LogP contribution in [0, 0.1) is 0 Å². The van der Waals surface area contributed by atoms with Crippen molar-refractivity contribution < 1.29 is 13.6 Å². The molecule has 0 spiro atoms. The summed E-state index contributed by atoms with van der Waals surface area (Å²) in [5.74, 6) is -2.97. The molecule has 6 heteroatoms. The van der Waals surface area contributed by atoms with Crippen molar-refractivity contribution >= 4 is 11.7 Å². The Morgan fingerprint density at radius 1 is 1.56 bits per heavy atom. The van der Waals surface area contributed by atoms with Crippen LogP contribution in [0.2, 0.25) is 0 Å². The van der Waals surface area contributed by atoms with Gasteiger partial charge >= 0.3 is 0 Å². The molecule has 1 fully saturated rings. The van der Waals surface area contributed by atoms with Crippen LogP contribution in [0.25, 0.3) is 0 Å². The number of rotatable bonds is 3. The number of pyridine rings is 1. The molecule has 2 rings (SSSR count). The number of primary amides is 1. The van der Waals surface area contributed by atoms with Crippen LogP contribution in [0.1, 0.15) is 36.0 Å². The Bertz CT molecular complexity index is 451. The van der Waals surface area contributed by atoms with Gasteiger partial charge < -0.3 is 11.1 Å². The standard InChI is InChI=1S/C12H15F2N3O/c13-12(14)5-1-3-8(7-12)17-11-9(10(15)18)4-2-6-16-11/h2,4,6,8H,1,3,5,7H2,(H2,15,18)(H,16,17). The SMILES string of the molecule is NC(=O)c1cccnc1NC1CCCC(F)(F)C1. The van der Waals surface area contributed by atoms with Crippen LogP contribution in [0.3, 0.4) is 0 Å². The van der Waals surface area contributed by atoms with E-state index in [1.54, 1.807) is 6.07 Å². The van der Waals surface area contributed by atoms with E-state index < -0.39 is 11.8 Å². The molecule has 1 unspecified atom stereocenters. The molecule has 1 aliphatic carbocycles. The normalized spacial score (nSPS) is 22.4. The number of halogens is 2. The quantitative estimate of drug-likeness (QED) is 0.869. The first-order valence-electron chi connectivity index (χ1n) is 5.87. The summed E-state index contributed by atoms with van der Waals surface area (Å²) in [6, 6.07) is 2.74. The van der Waals surface area contributed by atoms with Crippen molar-refractivity contribution in [3.63, 3.8) is 0 Å². The minimum Gasteiger partial charge on any atom is -0.366 e. The van der Waals surface area contributed by atoms with Gasteiger partial charge in [0.1, 0.15) is 5.82 Å². The number of alkyl halides is 2. The van der Waals surface area contributed by atoms with Crippen molar-refractivity contribution in [2.45, 2.75) is 37.6 Å². The molecule has 1 atom stereocenters. The molecule has 3 N–H and O–H groups in total. The Morgan fingerprint density at radius 2 is 2.33 bits per heavy atom. The van der Waals surface area contributed by atoms with Crippen LogP contribution in [0.4, 0.5) is 14.6 Å². The lowest BCUT2D eigenvalue weighted by Crippen LogP contribution is -2.35. The summed E-state index contributed by atoms with van der Waals surface area (Å²) >= 11 is 0. The van der Waals surface area contributed by atoms with E-state index in [2.05, 4.69) is 10.3 Å². The summed E-state index contributed by atoms with van der Waals surface area (Å²) in [5.41, 5.74) is 5.43. The summed E-state index contributed by atoms with van der Waals surface area (Å²) < 4.78 is 26.5. The van der Waals surface area contributed by atoms with Gasteiger partial charge in [0.15, 0.2) is 0 Å². The molecule has 1 aromatic heterocycles. The molecule has 1 amide bonds. The van der Waals surface area contributed by atoms with Crippen LogP contribution in [0.15, 0.2) is 18.3 Å². The van der Waals surface area contributed by atoms with Gasteiger partial charge in [-0.2, -0.15) is 0 Å². The predicted molar refractivity (Wildman–Crippen MR) is 63.6 cm³/mol. The Kier molecular flexibility index (Phi) is 3.45. The van der Waals surface area contributed by atoms with E-state index in [4.69, 9.17) is 5.73 Å². The lowest BCUT2D eigenvalue weighted by Gasteiger charge is -2.30. The number of nitrogens with one attached hydrogen (secondary N) is 1. The highest BCUT2D eigenvalue weighted by molar-refractivity contribution is 5.97. The average Bonchev–Trinajstić information content (AvgIpc) is 2.28. The maximum absolute atomic E-state index is 13.3. The summed E-state index contributed by atoms with van der Waals surface area (Å²) in [4.78, 5) is 15.2. The molecule has 18 heavy (non-hydrogen) atoms. The van der Waals surface area contributed by atoms with Crippen molar-refractivity contribution in [3.8, 4) is 0 Å². The smallest absolute Gasteiger partial charge is 0.252 e. The number of hydrogen-bond donors (Lipinski definition) is 2. The van der Waals surface area contributed by atoms with Crippen LogP contribution < -0.4 is 11.1 Å². The fourth-order valence-electron chi connectivity index (χ4n) is 2.21. The molecule has 0 saturated heterocycles. The van der Waals surface area contributed by atoms with E-state index in [0.717, 1.165) is 0 Å². The first-order valence-corrected chi connectivity index (χ1v) is 5.87. The van der Waals surface area contributed by atoms with Crippen molar-refractivity contribution in [2.24, 2.45) is 5.73 Å². The highest BCUT2D eigenvalue weighted by Gasteiger charge is 2.36. The number of carbonyl (C=O) groups excluding carboxylic acids is 1. The minimum atomic E-state index is -2.64. The molecule has 1 heterocycles. The third-order valence-corrected chi connectivity index (χ3v) is 3.05. The van der Waals surface area contributed by atoms with E-state index in [9.17, 15) is 13.6 Å². The maximum Gasteiger partial charge on any atom is 0.252 e. The summed E-state index contributed by atoms with van der Waals surface area (Å²) in [5, 5.41) is 2.89. The molecule has 0 radical (unpaired) electrons. The first-order chi connectivity index (χ1) is 8.48. The predicted octanol–water partition coefficient (Wildman–Crippen LogP) is 2.17. The molecule has 98 valence electrons. The molecule has 0 bridgehead atoms. The van der Waals surface area contributed by atoms with Crippen molar-refractivity contribution in [3.05, 3.63) is 23.9 Å². The molecule has 0 aromatic carbocycles. The number of anilines is 1. The second-order valence-corrected chi connectivity index (χ2v) is 4.56. The third-order valence-electron chi connectivity index (χ3n) is 3.05. The van der Waals surface area contributed by atoms with Crippen LogP contribution in [-0.4, -0.2) is 22.9 Å². The fraction of sp³-hybridized carbons (Fsp3) is 0.500. The zero-order valence-corrected chi connectivity index (χ0v) is 9.83. The second-order valence-electron chi connectivity index (χ2n) is 4.56. The fourth-order valence-corrected chi connectivity index (χ4v) is 2.21. The maximum atomic E-state index is 13.3. The largest absolute Gasteiger partial charge is 0.366 e. The van der Waals surface area contributed by atoms with E-state index in [1.165, 1.54) is 12.3 Å². The topological polar surface area (TPSA) is 68.0 Å². The summed E-state index contributed by atoms with van der Waals surface area (Å²) in [6.07, 6.45) is 2.29. The lowest BCUT2D eigenvalue weighted by atomic mass is 9.92. The number of hydrogen-bond acceptors (Lipinski definition) is 3. The van der Waals surface area contributed by atoms with E-state index in [-0.39, 0.29) is 30.3 Å². The number of nitrogens with zero attached hydrogens (tertiary/aromatic N) is 1. The molecule has 1 saturated carbocycles. The van der Waals surface area contributed by atoms with E-state index >= 15 is 0 Å². The number of amides is 1. The van der Waals surface area contributed by atoms with Gasteiger partial charge in [0, 0.05) is 25.1 Å². The third kappa shape index (κ3) is 2.94. The summed E-state index contributed by atoms with van der Waals surface area (Å²) in [7, 11) is 0. The Hall–Kier alpha value is -1.72. The lowest BCUT2D eigenvalue weighted by molar-refractivity contribution is -0.0373. The molecule has 4 nitrogen and oxygen atoms in total. The average molecular weight is 255 g/mol. The van der Waals surface area contributed by atoms with Gasteiger partial charge in [0.2, 0.25) is 5.92 Å². The van der Waals surface area contributed by atoms with E-state index in [1.807, 2.05) is 0 Å². The second kappa shape index (κ2) is 4.88. The Balaban J connectivity index is 2.12. The molecule has 0 aliphatic heterocycles. The number of carbonyl (C=O) groups is 1. The van der Waals surface area contributed by atoms with Crippen molar-refractivity contribution in [1.82, 2.24) is 4.98 Å². The highest BCUT2D eigenvalue weighted by Crippen LogP contribution is 2.34. The van der Waals surface area contributed by atoms with Gasteiger partial charge in [-0.1, -0.05) is 0 Å². The molecular weight excluding hydrogens is 240 g/mol. The van der Waals surface area contributed by atoms with Crippen LogP contribution in [-0.2, 0) is 0 Å². The first kappa shape index (κ1) is 12.7. The number of aromatic nitrogens is 1. The van der Waals surface area contributed by atoms with E-state index in [0.29, 0.717) is 12.8 Å². The van der Waals surface area contributed by atoms with Crippen molar-refractivity contribution in [2.75, 3.05) is 5.32 Å². The monoisotopic (exact) mass is 255 g/mol. The molecule has 1 aromatic rings. The van der Waals surface area contributed by atoms with Gasteiger partial charge in [-0.3, -0.25) is 4.79 Å². The highest BCUT2D eigenvalue weighted by atomic mass is 19.3. The van der Waals surface area contributed by atoms with Crippen molar-refractivity contribution in [1.29, 1.82) is 0 Å². The van der Waals surface area contributed by atoms with Gasteiger partial charge in [0.05, 0.1) is 5.56 Å². The van der Waals surface area contributed by atoms with Gasteiger partial charge in [-0.15, -0.1) is 0 Å².